The Morgan fingerprint density at radius 2 is 2.31 bits per heavy atom. The monoisotopic (exact) mass is 228 g/mol. The van der Waals surface area contributed by atoms with E-state index in [1.807, 2.05) is 6.92 Å². The predicted octanol–water partition coefficient (Wildman–Crippen LogP) is -0.746. The van der Waals surface area contributed by atoms with Crippen molar-refractivity contribution in [2.75, 3.05) is 19.6 Å². The first-order chi connectivity index (χ1) is 7.56. The van der Waals surface area contributed by atoms with Crippen molar-refractivity contribution in [3.8, 4) is 0 Å². The van der Waals surface area contributed by atoms with Crippen molar-refractivity contribution in [2.24, 2.45) is 5.73 Å². The number of likely N-dealkylation sites (N-methyl/N-ethyl adjacent to an activating group) is 1. The number of imide groups is 1. The van der Waals surface area contributed by atoms with Crippen molar-refractivity contribution in [3.63, 3.8) is 0 Å². The van der Waals surface area contributed by atoms with Crippen LogP contribution in [0.2, 0.25) is 0 Å². The zero-order valence-electron chi connectivity index (χ0n) is 9.82. The van der Waals surface area contributed by atoms with E-state index < -0.39 is 6.03 Å². The summed E-state index contributed by atoms with van der Waals surface area (Å²) in [7, 11) is 0. The number of amides is 3. The molecule has 1 fully saturated rings. The molecule has 1 saturated heterocycles. The maximum Gasteiger partial charge on any atom is 0.318 e. The molecule has 0 spiro atoms. The van der Waals surface area contributed by atoms with Crippen LogP contribution in [-0.4, -0.2) is 48.6 Å². The number of carbonyl (C=O) groups excluding carboxylic acids is 2. The summed E-state index contributed by atoms with van der Waals surface area (Å²) in [5.74, 6) is -0.332. The first kappa shape index (κ1) is 12.9. The van der Waals surface area contributed by atoms with E-state index in [0.29, 0.717) is 6.04 Å². The molecule has 0 bridgehead atoms. The van der Waals surface area contributed by atoms with E-state index in [9.17, 15) is 9.59 Å². The van der Waals surface area contributed by atoms with Gasteiger partial charge < -0.3 is 11.1 Å². The third-order valence-electron chi connectivity index (χ3n) is 2.99. The zero-order chi connectivity index (χ0) is 12.1. The quantitative estimate of drug-likeness (QED) is 0.591. The van der Waals surface area contributed by atoms with Gasteiger partial charge in [-0.1, -0.05) is 6.92 Å². The van der Waals surface area contributed by atoms with Crippen molar-refractivity contribution in [3.05, 3.63) is 0 Å². The standard InChI is InChI=1S/C10H20N4O2/c1-3-14(8-4-5-12-6-8)7(2)9(15)13-10(11)16/h7-8,12H,3-6H2,1-2H3,(H3,11,13,15,16). The van der Waals surface area contributed by atoms with E-state index in [1.165, 1.54) is 0 Å². The van der Waals surface area contributed by atoms with E-state index in [1.54, 1.807) is 6.92 Å². The van der Waals surface area contributed by atoms with Gasteiger partial charge in [0.2, 0.25) is 5.91 Å². The Morgan fingerprint density at radius 3 is 2.75 bits per heavy atom. The lowest BCUT2D eigenvalue weighted by Gasteiger charge is -2.31. The highest BCUT2D eigenvalue weighted by Crippen LogP contribution is 2.12. The van der Waals surface area contributed by atoms with Gasteiger partial charge in [-0.2, -0.15) is 0 Å². The van der Waals surface area contributed by atoms with E-state index >= 15 is 0 Å². The van der Waals surface area contributed by atoms with Crippen LogP contribution in [0.5, 0.6) is 0 Å². The van der Waals surface area contributed by atoms with E-state index in [0.717, 1.165) is 26.1 Å². The minimum Gasteiger partial charge on any atom is -0.351 e. The lowest BCUT2D eigenvalue weighted by Crippen LogP contribution is -2.52. The van der Waals surface area contributed by atoms with Gasteiger partial charge in [-0.25, -0.2) is 4.79 Å². The lowest BCUT2D eigenvalue weighted by molar-refractivity contribution is -0.125. The number of rotatable bonds is 4. The fraction of sp³-hybridized carbons (Fsp3) is 0.800. The van der Waals surface area contributed by atoms with Crippen molar-refractivity contribution < 1.29 is 9.59 Å². The van der Waals surface area contributed by atoms with Crippen LogP contribution < -0.4 is 16.4 Å². The molecule has 1 rings (SSSR count). The van der Waals surface area contributed by atoms with E-state index in [2.05, 4.69) is 15.5 Å². The van der Waals surface area contributed by atoms with Gasteiger partial charge in [0.15, 0.2) is 0 Å². The largest absolute Gasteiger partial charge is 0.351 e. The Hall–Kier alpha value is -1.14. The van der Waals surface area contributed by atoms with Crippen molar-refractivity contribution >= 4 is 11.9 Å². The highest BCUT2D eigenvalue weighted by molar-refractivity contribution is 5.96. The normalized spacial score (nSPS) is 22.1. The molecule has 6 nitrogen and oxygen atoms in total. The van der Waals surface area contributed by atoms with Crippen LogP contribution >= 0.6 is 0 Å². The van der Waals surface area contributed by atoms with E-state index in [-0.39, 0.29) is 11.9 Å². The molecule has 0 aromatic carbocycles. The minimum absolute atomic E-state index is 0.331. The average molecular weight is 228 g/mol. The van der Waals surface area contributed by atoms with Gasteiger partial charge in [0.25, 0.3) is 0 Å². The second kappa shape index (κ2) is 5.81. The van der Waals surface area contributed by atoms with Crippen LogP contribution in [0.25, 0.3) is 0 Å². The number of hydrogen-bond acceptors (Lipinski definition) is 4. The molecule has 1 aliphatic heterocycles. The summed E-state index contributed by atoms with van der Waals surface area (Å²) in [5.41, 5.74) is 4.92. The molecule has 0 saturated carbocycles. The number of nitrogens with two attached hydrogens (primary N) is 1. The fourth-order valence-electron chi connectivity index (χ4n) is 2.15. The molecule has 1 heterocycles. The molecule has 0 aromatic heterocycles. The number of nitrogens with one attached hydrogen (secondary N) is 2. The third-order valence-corrected chi connectivity index (χ3v) is 2.99. The Morgan fingerprint density at radius 1 is 1.62 bits per heavy atom. The van der Waals surface area contributed by atoms with Gasteiger partial charge in [0.1, 0.15) is 0 Å². The summed E-state index contributed by atoms with van der Waals surface area (Å²) in [6, 6.07) is -0.765. The van der Waals surface area contributed by atoms with Gasteiger partial charge >= 0.3 is 6.03 Å². The topological polar surface area (TPSA) is 87.5 Å². The summed E-state index contributed by atoms with van der Waals surface area (Å²) >= 11 is 0. The fourth-order valence-corrected chi connectivity index (χ4v) is 2.15. The molecule has 1 aliphatic rings. The molecule has 2 unspecified atom stereocenters. The molecule has 0 aromatic rings. The highest BCUT2D eigenvalue weighted by atomic mass is 16.2. The zero-order valence-corrected chi connectivity index (χ0v) is 9.82. The van der Waals surface area contributed by atoms with Gasteiger partial charge in [-0.3, -0.25) is 15.0 Å². The summed E-state index contributed by atoms with van der Waals surface area (Å²) in [6.45, 7) is 6.44. The van der Waals surface area contributed by atoms with E-state index in [4.69, 9.17) is 5.73 Å². The minimum atomic E-state index is -0.794. The first-order valence-electron chi connectivity index (χ1n) is 5.63. The number of carbonyl (C=O) groups is 2. The number of nitrogens with zero attached hydrogens (tertiary/aromatic N) is 1. The molecular weight excluding hydrogens is 208 g/mol. The second-order valence-corrected chi connectivity index (χ2v) is 4.01. The smallest absolute Gasteiger partial charge is 0.318 e. The Kier molecular flexibility index (Phi) is 4.70. The Bertz CT molecular complexity index is 264. The van der Waals surface area contributed by atoms with Crippen LogP contribution in [0.3, 0.4) is 0 Å². The molecule has 3 amide bonds. The van der Waals surface area contributed by atoms with Gasteiger partial charge in [-0.15, -0.1) is 0 Å². The second-order valence-electron chi connectivity index (χ2n) is 4.01. The van der Waals surface area contributed by atoms with Gasteiger partial charge in [0.05, 0.1) is 6.04 Å². The molecule has 6 heteroatoms. The molecular formula is C10H20N4O2. The number of urea groups is 1. The maximum atomic E-state index is 11.6. The van der Waals surface area contributed by atoms with Gasteiger partial charge in [0, 0.05) is 12.6 Å². The van der Waals surface area contributed by atoms with Crippen LogP contribution in [-0.2, 0) is 4.79 Å². The maximum absolute atomic E-state index is 11.6. The molecule has 16 heavy (non-hydrogen) atoms. The molecule has 0 radical (unpaired) electrons. The summed E-state index contributed by atoms with van der Waals surface area (Å²) in [6.07, 6.45) is 1.03. The van der Waals surface area contributed by atoms with Crippen molar-refractivity contribution in [1.29, 1.82) is 0 Å². The molecule has 4 N–H and O–H groups in total. The SMILES string of the molecule is CCN(C1CCNC1)C(C)C(=O)NC(N)=O. The summed E-state index contributed by atoms with van der Waals surface area (Å²) in [5, 5.41) is 5.38. The average Bonchev–Trinajstić information content (AvgIpc) is 2.71. The van der Waals surface area contributed by atoms with Crippen molar-refractivity contribution in [2.45, 2.75) is 32.4 Å². The molecule has 92 valence electrons. The number of hydrogen-bond donors (Lipinski definition) is 3. The number of primary amides is 1. The Labute approximate surface area is 95.5 Å². The third kappa shape index (κ3) is 3.18. The highest BCUT2D eigenvalue weighted by Gasteiger charge is 2.29. The van der Waals surface area contributed by atoms with Crippen LogP contribution in [0, 0.1) is 0 Å². The van der Waals surface area contributed by atoms with Crippen LogP contribution in [0.1, 0.15) is 20.3 Å². The molecule has 0 aliphatic carbocycles. The molecule has 2 atom stereocenters. The van der Waals surface area contributed by atoms with Crippen LogP contribution in [0.15, 0.2) is 0 Å². The van der Waals surface area contributed by atoms with Crippen LogP contribution in [0.4, 0.5) is 4.79 Å². The lowest BCUT2D eigenvalue weighted by atomic mass is 10.1. The summed E-state index contributed by atoms with van der Waals surface area (Å²) in [4.78, 5) is 24.3. The summed E-state index contributed by atoms with van der Waals surface area (Å²) < 4.78 is 0. The van der Waals surface area contributed by atoms with Gasteiger partial charge in [-0.05, 0) is 26.4 Å². The predicted molar refractivity (Wildman–Crippen MR) is 60.8 cm³/mol. The first-order valence-corrected chi connectivity index (χ1v) is 5.63. The Balaban J connectivity index is 2.57. The van der Waals surface area contributed by atoms with Crippen molar-refractivity contribution in [1.82, 2.24) is 15.5 Å².